The van der Waals surface area contributed by atoms with Crippen LogP contribution >= 0.6 is 0 Å². The summed E-state index contributed by atoms with van der Waals surface area (Å²) in [6.45, 7) is 1.76. The third-order valence-corrected chi connectivity index (χ3v) is 2.58. The zero-order valence-corrected chi connectivity index (χ0v) is 9.56. The molecule has 1 aromatic rings. The van der Waals surface area contributed by atoms with Gasteiger partial charge in [-0.3, -0.25) is 4.79 Å². The number of carbonyl (C=O) groups is 1. The Morgan fingerprint density at radius 3 is 2.56 bits per heavy atom. The smallest absolute Gasteiger partial charge is 0.312 e. The number of hydrogen-bond acceptors (Lipinski definition) is 3. The minimum absolute atomic E-state index is 0.161. The Morgan fingerprint density at radius 2 is 2.06 bits per heavy atom. The lowest BCUT2D eigenvalue weighted by molar-refractivity contribution is -0.151. The number of nitrogens with zero attached hydrogens (tertiary/aromatic N) is 1. The summed E-state index contributed by atoms with van der Waals surface area (Å²) in [5.74, 6) is -0.335. The third-order valence-electron chi connectivity index (χ3n) is 2.58. The molecule has 84 valence electrons. The molecule has 0 aliphatic carbocycles. The number of rotatable bonds is 4. The van der Waals surface area contributed by atoms with Gasteiger partial charge in [-0.1, -0.05) is 30.3 Å². The highest BCUT2D eigenvalue weighted by Gasteiger charge is 2.34. The SMILES string of the molecule is COC(=O)C(C)(CC#N)Cc1ccccc1. The quantitative estimate of drug-likeness (QED) is 0.727. The summed E-state index contributed by atoms with van der Waals surface area (Å²) in [4.78, 5) is 11.7. The van der Waals surface area contributed by atoms with Gasteiger partial charge in [0.05, 0.1) is 25.0 Å². The summed E-state index contributed by atoms with van der Waals surface area (Å²) >= 11 is 0. The Bertz CT molecular complexity index is 394. The molecule has 0 aromatic heterocycles. The Morgan fingerprint density at radius 1 is 1.44 bits per heavy atom. The molecule has 1 atom stereocenters. The third kappa shape index (κ3) is 2.83. The van der Waals surface area contributed by atoms with E-state index >= 15 is 0 Å². The number of methoxy groups -OCH3 is 1. The van der Waals surface area contributed by atoms with E-state index in [4.69, 9.17) is 10.00 Å². The van der Waals surface area contributed by atoms with Crippen LogP contribution in [0.2, 0.25) is 0 Å². The zero-order valence-electron chi connectivity index (χ0n) is 9.56. The molecule has 1 unspecified atom stereocenters. The van der Waals surface area contributed by atoms with Gasteiger partial charge < -0.3 is 4.74 Å². The van der Waals surface area contributed by atoms with Gasteiger partial charge in [-0.05, 0) is 18.9 Å². The van der Waals surface area contributed by atoms with E-state index in [0.717, 1.165) is 5.56 Å². The lowest BCUT2D eigenvalue weighted by Crippen LogP contribution is -2.31. The number of esters is 1. The van der Waals surface area contributed by atoms with Crippen LogP contribution in [0.3, 0.4) is 0 Å². The van der Waals surface area contributed by atoms with E-state index < -0.39 is 5.41 Å². The number of hydrogen-bond donors (Lipinski definition) is 0. The molecule has 0 saturated carbocycles. The second-order valence-electron chi connectivity index (χ2n) is 4.05. The fraction of sp³-hybridized carbons (Fsp3) is 0.385. The summed E-state index contributed by atoms with van der Waals surface area (Å²) in [5, 5.41) is 8.77. The first kappa shape index (κ1) is 12.3. The van der Waals surface area contributed by atoms with Gasteiger partial charge in [0, 0.05) is 0 Å². The predicted octanol–water partition coefficient (Wildman–Crippen LogP) is 2.32. The minimum Gasteiger partial charge on any atom is -0.469 e. The van der Waals surface area contributed by atoms with Crippen LogP contribution in [0, 0.1) is 16.7 Å². The first-order valence-electron chi connectivity index (χ1n) is 5.12. The van der Waals surface area contributed by atoms with Crippen LogP contribution in [0.5, 0.6) is 0 Å². The molecule has 0 spiro atoms. The number of nitriles is 1. The minimum atomic E-state index is -0.759. The average Bonchev–Trinajstić information content (AvgIpc) is 2.29. The molecule has 0 amide bonds. The van der Waals surface area contributed by atoms with Crippen molar-refractivity contribution in [2.75, 3.05) is 7.11 Å². The summed E-state index contributed by atoms with van der Waals surface area (Å²) in [6.07, 6.45) is 0.683. The van der Waals surface area contributed by atoms with Gasteiger partial charge in [-0.25, -0.2) is 0 Å². The Kier molecular flexibility index (Phi) is 4.07. The molecular weight excluding hydrogens is 202 g/mol. The average molecular weight is 217 g/mol. The zero-order chi connectivity index (χ0) is 12.0. The van der Waals surface area contributed by atoms with E-state index in [9.17, 15) is 4.79 Å². The second-order valence-corrected chi connectivity index (χ2v) is 4.05. The van der Waals surface area contributed by atoms with Crippen LogP contribution in [-0.2, 0) is 16.0 Å². The van der Waals surface area contributed by atoms with E-state index in [1.54, 1.807) is 6.92 Å². The van der Waals surface area contributed by atoms with Gasteiger partial charge in [0.1, 0.15) is 0 Å². The van der Waals surface area contributed by atoms with Crippen molar-refractivity contribution in [1.29, 1.82) is 5.26 Å². The van der Waals surface area contributed by atoms with Gasteiger partial charge >= 0.3 is 5.97 Å². The molecular formula is C13H15NO2. The molecule has 0 aliphatic heterocycles. The molecule has 3 heteroatoms. The van der Waals surface area contributed by atoms with Gasteiger partial charge in [0.2, 0.25) is 0 Å². The Hall–Kier alpha value is -1.82. The van der Waals surface area contributed by atoms with Crippen molar-refractivity contribution in [3.05, 3.63) is 35.9 Å². The summed E-state index contributed by atoms with van der Waals surface area (Å²) < 4.78 is 4.75. The predicted molar refractivity (Wildman–Crippen MR) is 60.5 cm³/mol. The molecule has 0 N–H and O–H groups in total. The van der Waals surface area contributed by atoms with Crippen molar-refractivity contribution in [2.24, 2.45) is 5.41 Å². The van der Waals surface area contributed by atoms with Crippen molar-refractivity contribution in [2.45, 2.75) is 19.8 Å². The molecule has 16 heavy (non-hydrogen) atoms. The number of ether oxygens (including phenoxy) is 1. The Labute approximate surface area is 95.7 Å². The maximum atomic E-state index is 11.7. The van der Waals surface area contributed by atoms with Gasteiger partial charge in [0.25, 0.3) is 0 Å². The standard InChI is InChI=1S/C13H15NO2/c1-13(8-9-14,12(15)16-2)10-11-6-4-3-5-7-11/h3-7H,8,10H2,1-2H3. The van der Waals surface area contributed by atoms with E-state index in [2.05, 4.69) is 0 Å². The maximum Gasteiger partial charge on any atom is 0.312 e. The largest absolute Gasteiger partial charge is 0.469 e. The van der Waals surface area contributed by atoms with Crippen LogP contribution in [0.4, 0.5) is 0 Å². The summed E-state index contributed by atoms with van der Waals surface area (Å²) in [7, 11) is 1.35. The monoisotopic (exact) mass is 217 g/mol. The van der Waals surface area contributed by atoms with Gasteiger partial charge in [0.15, 0.2) is 0 Å². The van der Waals surface area contributed by atoms with Crippen LogP contribution in [0.25, 0.3) is 0 Å². The fourth-order valence-electron chi connectivity index (χ4n) is 1.67. The molecule has 1 aromatic carbocycles. The highest BCUT2D eigenvalue weighted by atomic mass is 16.5. The summed E-state index contributed by atoms with van der Waals surface area (Å²) in [5.41, 5.74) is 0.274. The summed E-state index contributed by atoms with van der Waals surface area (Å²) in [6, 6.07) is 11.7. The fourth-order valence-corrected chi connectivity index (χ4v) is 1.67. The van der Waals surface area contributed by atoms with E-state index in [-0.39, 0.29) is 12.4 Å². The highest BCUT2D eigenvalue weighted by Crippen LogP contribution is 2.27. The number of carbonyl (C=O) groups excluding carboxylic acids is 1. The molecule has 3 nitrogen and oxygen atoms in total. The van der Waals surface area contributed by atoms with Crippen molar-refractivity contribution < 1.29 is 9.53 Å². The molecule has 0 fully saturated rings. The topological polar surface area (TPSA) is 50.1 Å². The molecule has 0 heterocycles. The van der Waals surface area contributed by atoms with E-state index in [0.29, 0.717) is 6.42 Å². The van der Waals surface area contributed by atoms with Crippen molar-refractivity contribution in [1.82, 2.24) is 0 Å². The first-order chi connectivity index (χ1) is 7.62. The number of benzene rings is 1. The van der Waals surface area contributed by atoms with Gasteiger partial charge in [-0.2, -0.15) is 5.26 Å². The first-order valence-corrected chi connectivity index (χ1v) is 5.12. The lowest BCUT2D eigenvalue weighted by Gasteiger charge is -2.23. The molecule has 0 bridgehead atoms. The molecule has 0 aliphatic rings. The molecule has 0 saturated heterocycles. The molecule has 0 radical (unpaired) electrons. The van der Waals surface area contributed by atoms with Crippen molar-refractivity contribution in [3.8, 4) is 6.07 Å². The lowest BCUT2D eigenvalue weighted by atomic mass is 9.81. The normalized spacial score (nSPS) is 13.6. The van der Waals surface area contributed by atoms with Crippen LogP contribution in [-0.4, -0.2) is 13.1 Å². The van der Waals surface area contributed by atoms with Gasteiger partial charge in [-0.15, -0.1) is 0 Å². The Balaban J connectivity index is 2.88. The van der Waals surface area contributed by atoms with E-state index in [1.807, 2.05) is 36.4 Å². The van der Waals surface area contributed by atoms with E-state index in [1.165, 1.54) is 7.11 Å². The van der Waals surface area contributed by atoms with Crippen molar-refractivity contribution in [3.63, 3.8) is 0 Å². The highest BCUT2D eigenvalue weighted by molar-refractivity contribution is 5.77. The second kappa shape index (κ2) is 5.32. The van der Waals surface area contributed by atoms with Crippen LogP contribution in [0.1, 0.15) is 18.9 Å². The molecule has 1 rings (SSSR count). The van der Waals surface area contributed by atoms with Crippen molar-refractivity contribution >= 4 is 5.97 Å². The van der Waals surface area contributed by atoms with Crippen LogP contribution < -0.4 is 0 Å². The van der Waals surface area contributed by atoms with Crippen LogP contribution in [0.15, 0.2) is 30.3 Å². The maximum absolute atomic E-state index is 11.7.